The van der Waals surface area contributed by atoms with Crippen molar-refractivity contribution < 1.29 is 27.5 Å². The van der Waals surface area contributed by atoms with Crippen LogP contribution in [0.5, 0.6) is 0 Å². The Hall–Kier alpha value is -2.16. The number of ether oxygens (including phenoxy) is 1. The molecule has 0 saturated carbocycles. The third-order valence-corrected chi connectivity index (χ3v) is 4.76. The van der Waals surface area contributed by atoms with Crippen molar-refractivity contribution in [2.24, 2.45) is 5.92 Å². The molecular weight excluding hydrogens is 351 g/mol. The van der Waals surface area contributed by atoms with Crippen LogP contribution in [0, 0.1) is 5.92 Å². The Kier molecular flexibility index (Phi) is 5.45. The zero-order valence-electron chi connectivity index (χ0n) is 14.0. The van der Waals surface area contributed by atoms with Gasteiger partial charge in [0.15, 0.2) is 0 Å². The number of alkyl halides is 3. The van der Waals surface area contributed by atoms with Crippen molar-refractivity contribution in [1.82, 2.24) is 15.2 Å². The molecule has 3 unspecified atom stereocenters. The lowest BCUT2D eigenvalue weighted by Crippen LogP contribution is -2.54. The van der Waals surface area contributed by atoms with Crippen LogP contribution in [0.25, 0.3) is 0 Å². The van der Waals surface area contributed by atoms with Crippen molar-refractivity contribution in [2.45, 2.75) is 44.2 Å². The summed E-state index contributed by atoms with van der Waals surface area (Å²) < 4.78 is 43.8. The highest BCUT2D eigenvalue weighted by atomic mass is 19.4. The van der Waals surface area contributed by atoms with Gasteiger partial charge >= 0.3 is 6.18 Å². The largest absolute Gasteiger partial charge is 0.408 e. The molecule has 2 aliphatic heterocycles. The number of pyridine rings is 1. The number of carbonyl (C=O) groups is 2. The van der Waals surface area contributed by atoms with Crippen molar-refractivity contribution in [3.8, 4) is 0 Å². The summed E-state index contributed by atoms with van der Waals surface area (Å²) in [6.07, 6.45) is -1.03. The van der Waals surface area contributed by atoms with Crippen LogP contribution in [0.3, 0.4) is 0 Å². The van der Waals surface area contributed by atoms with E-state index in [-0.39, 0.29) is 18.9 Å². The molecule has 2 amide bonds. The summed E-state index contributed by atoms with van der Waals surface area (Å²) in [6, 6.07) is 1.80. The molecule has 26 heavy (non-hydrogen) atoms. The molecule has 9 heteroatoms. The smallest absolute Gasteiger partial charge is 0.372 e. The molecule has 142 valence electrons. The standard InChI is InChI=1S/C17H20F3N3O3/c18-17(19,20)14-2-1-13(15(24)22-14)16(25)23-8-5-12(9-23)26-10-11-3-6-21-7-4-11/h3-4,6-7,12-14H,1-2,5,8-10H2,(H,22,24). The third kappa shape index (κ3) is 4.32. The Balaban J connectivity index is 1.49. The van der Waals surface area contributed by atoms with E-state index in [1.54, 1.807) is 12.4 Å². The van der Waals surface area contributed by atoms with Crippen LogP contribution in [0.2, 0.25) is 0 Å². The lowest BCUT2D eigenvalue weighted by molar-refractivity contribution is -0.172. The third-order valence-electron chi connectivity index (χ3n) is 4.76. The van der Waals surface area contributed by atoms with Crippen LogP contribution in [0.1, 0.15) is 24.8 Å². The Morgan fingerprint density at radius 3 is 2.65 bits per heavy atom. The quantitative estimate of drug-likeness (QED) is 0.817. The van der Waals surface area contributed by atoms with Crippen LogP contribution in [0.4, 0.5) is 13.2 Å². The molecule has 0 aromatic carbocycles. The van der Waals surface area contributed by atoms with Crippen LogP contribution in [-0.4, -0.2) is 53.1 Å². The van der Waals surface area contributed by atoms with Gasteiger partial charge in [0.05, 0.1) is 12.7 Å². The van der Waals surface area contributed by atoms with Gasteiger partial charge in [-0.15, -0.1) is 0 Å². The summed E-state index contributed by atoms with van der Waals surface area (Å²) >= 11 is 0. The summed E-state index contributed by atoms with van der Waals surface area (Å²) in [5.74, 6) is -2.31. The Morgan fingerprint density at radius 2 is 2.00 bits per heavy atom. The Labute approximate surface area is 148 Å². The summed E-state index contributed by atoms with van der Waals surface area (Å²) in [4.78, 5) is 29.9. The molecule has 1 aromatic heterocycles. The van der Waals surface area contributed by atoms with E-state index in [9.17, 15) is 22.8 Å². The highest BCUT2D eigenvalue weighted by Gasteiger charge is 2.47. The van der Waals surface area contributed by atoms with E-state index in [0.717, 1.165) is 5.56 Å². The predicted octanol–water partition coefficient (Wildman–Crippen LogP) is 1.66. The SMILES string of the molecule is O=C1NC(C(F)(F)F)CCC1C(=O)N1CCC(OCc2ccncc2)C1. The highest BCUT2D eigenvalue weighted by Crippen LogP contribution is 2.30. The normalized spacial score (nSPS) is 26.7. The number of nitrogens with one attached hydrogen (secondary N) is 1. The molecule has 6 nitrogen and oxygen atoms in total. The Morgan fingerprint density at radius 1 is 1.27 bits per heavy atom. The maximum Gasteiger partial charge on any atom is 0.408 e. The fourth-order valence-corrected chi connectivity index (χ4v) is 3.27. The number of aromatic nitrogens is 1. The molecule has 3 rings (SSSR count). The molecule has 3 heterocycles. The fourth-order valence-electron chi connectivity index (χ4n) is 3.27. The molecule has 1 aromatic rings. The number of rotatable bonds is 4. The van der Waals surface area contributed by atoms with Crippen molar-refractivity contribution in [2.75, 3.05) is 13.1 Å². The van der Waals surface area contributed by atoms with Gasteiger partial charge in [-0.2, -0.15) is 13.2 Å². The minimum Gasteiger partial charge on any atom is -0.372 e. The fraction of sp³-hybridized carbons (Fsp3) is 0.588. The lowest BCUT2D eigenvalue weighted by Gasteiger charge is -2.31. The van der Waals surface area contributed by atoms with Gasteiger partial charge in [-0.25, -0.2) is 0 Å². The van der Waals surface area contributed by atoms with Gasteiger partial charge < -0.3 is 15.0 Å². The van der Waals surface area contributed by atoms with Gasteiger partial charge in [-0.05, 0) is 37.0 Å². The molecular formula is C17H20F3N3O3. The van der Waals surface area contributed by atoms with Crippen LogP contribution < -0.4 is 5.32 Å². The first-order valence-electron chi connectivity index (χ1n) is 8.51. The molecule has 0 radical (unpaired) electrons. The second-order valence-electron chi connectivity index (χ2n) is 6.59. The van der Waals surface area contributed by atoms with Crippen molar-refractivity contribution in [3.63, 3.8) is 0 Å². The maximum atomic E-state index is 12.7. The first-order valence-corrected chi connectivity index (χ1v) is 8.51. The van der Waals surface area contributed by atoms with Gasteiger partial charge in [-0.1, -0.05) is 0 Å². The topological polar surface area (TPSA) is 71.5 Å². The summed E-state index contributed by atoms with van der Waals surface area (Å²) in [5.41, 5.74) is 0.967. The molecule has 0 bridgehead atoms. The molecule has 0 aliphatic carbocycles. The summed E-state index contributed by atoms with van der Waals surface area (Å²) in [5, 5.41) is 1.92. The second-order valence-corrected chi connectivity index (χ2v) is 6.59. The molecule has 0 spiro atoms. The van der Waals surface area contributed by atoms with E-state index in [0.29, 0.717) is 26.1 Å². The molecule has 1 N–H and O–H groups in total. The molecule has 2 fully saturated rings. The van der Waals surface area contributed by atoms with Crippen molar-refractivity contribution in [1.29, 1.82) is 0 Å². The van der Waals surface area contributed by atoms with E-state index >= 15 is 0 Å². The number of likely N-dealkylation sites (tertiary alicyclic amines) is 1. The Bertz CT molecular complexity index is 654. The first kappa shape index (κ1) is 18.6. The van der Waals surface area contributed by atoms with Gasteiger partial charge in [0.2, 0.25) is 11.8 Å². The number of nitrogens with zero attached hydrogens (tertiary/aromatic N) is 2. The van der Waals surface area contributed by atoms with Crippen LogP contribution >= 0.6 is 0 Å². The van der Waals surface area contributed by atoms with E-state index in [2.05, 4.69) is 4.98 Å². The minimum atomic E-state index is -4.48. The number of carbonyl (C=O) groups excluding carboxylic acids is 2. The first-order chi connectivity index (χ1) is 12.3. The van der Waals surface area contributed by atoms with E-state index < -0.39 is 30.0 Å². The number of hydrogen-bond acceptors (Lipinski definition) is 4. The number of piperidine rings is 1. The predicted molar refractivity (Wildman–Crippen MR) is 84.7 cm³/mol. The molecule has 2 aliphatic rings. The van der Waals surface area contributed by atoms with Crippen LogP contribution in [0.15, 0.2) is 24.5 Å². The zero-order chi connectivity index (χ0) is 18.7. The maximum absolute atomic E-state index is 12.7. The number of hydrogen-bond donors (Lipinski definition) is 1. The van der Waals surface area contributed by atoms with Crippen molar-refractivity contribution >= 4 is 11.8 Å². The number of halogens is 3. The molecule has 3 atom stereocenters. The molecule has 2 saturated heterocycles. The van der Waals surface area contributed by atoms with Gasteiger partial charge in [0.1, 0.15) is 12.0 Å². The number of amides is 2. The van der Waals surface area contributed by atoms with Gasteiger partial charge in [0.25, 0.3) is 0 Å². The van der Waals surface area contributed by atoms with E-state index in [1.807, 2.05) is 17.4 Å². The average molecular weight is 371 g/mol. The second kappa shape index (κ2) is 7.61. The lowest BCUT2D eigenvalue weighted by atomic mass is 9.92. The van der Waals surface area contributed by atoms with Gasteiger partial charge in [0, 0.05) is 25.5 Å². The van der Waals surface area contributed by atoms with E-state index in [1.165, 1.54) is 4.90 Å². The van der Waals surface area contributed by atoms with Crippen LogP contribution in [-0.2, 0) is 20.9 Å². The summed E-state index contributed by atoms with van der Waals surface area (Å²) in [6.45, 7) is 1.18. The van der Waals surface area contributed by atoms with Crippen molar-refractivity contribution in [3.05, 3.63) is 30.1 Å². The van der Waals surface area contributed by atoms with Gasteiger partial charge in [-0.3, -0.25) is 14.6 Å². The minimum absolute atomic E-state index is 0.0894. The average Bonchev–Trinajstić information content (AvgIpc) is 3.08. The summed E-state index contributed by atoms with van der Waals surface area (Å²) in [7, 11) is 0. The monoisotopic (exact) mass is 371 g/mol. The van der Waals surface area contributed by atoms with E-state index in [4.69, 9.17) is 4.74 Å². The zero-order valence-corrected chi connectivity index (χ0v) is 14.0. The highest BCUT2D eigenvalue weighted by molar-refractivity contribution is 6.01.